The normalized spacial score (nSPS) is 12.5. The fourth-order valence-corrected chi connectivity index (χ4v) is 4.37. The number of nitrogens with zero attached hydrogens (tertiary/aromatic N) is 2. The molecule has 0 fully saturated rings. The number of rotatable bonds is 6. The van der Waals surface area contributed by atoms with E-state index in [2.05, 4.69) is 0 Å². The fraction of sp³-hybridized carbons (Fsp3) is 0.316. The smallest absolute Gasteiger partial charge is 0.246 e. The van der Waals surface area contributed by atoms with E-state index in [4.69, 9.17) is 23.2 Å². The Morgan fingerprint density at radius 1 is 1.07 bits per heavy atom. The summed E-state index contributed by atoms with van der Waals surface area (Å²) in [5.74, 6) is -0.324. The molecule has 0 radical (unpaired) electrons. The highest BCUT2D eigenvalue weighted by molar-refractivity contribution is 7.92. The third-order valence-corrected chi connectivity index (χ3v) is 5.90. The molecule has 0 aromatic heterocycles. The Balaban J connectivity index is 2.31. The molecule has 1 unspecified atom stereocenters. The first kappa shape index (κ1) is 21.5. The van der Waals surface area contributed by atoms with Crippen LogP contribution in [0.15, 0.2) is 42.5 Å². The molecule has 5 nitrogen and oxygen atoms in total. The van der Waals surface area contributed by atoms with Crippen LogP contribution in [-0.2, 0) is 21.4 Å². The summed E-state index contributed by atoms with van der Waals surface area (Å²) in [5.41, 5.74) is 2.00. The van der Waals surface area contributed by atoms with E-state index < -0.39 is 16.1 Å². The summed E-state index contributed by atoms with van der Waals surface area (Å²) in [4.78, 5) is 14.4. The Bertz CT molecular complexity index is 930. The number of carbonyl (C=O) groups is 1. The summed E-state index contributed by atoms with van der Waals surface area (Å²) in [6.45, 7) is 3.69. The minimum absolute atomic E-state index is 0.324. The maximum absolute atomic E-state index is 12.9. The predicted molar refractivity (Wildman–Crippen MR) is 111 cm³/mol. The van der Waals surface area contributed by atoms with Crippen molar-refractivity contribution in [3.63, 3.8) is 0 Å². The van der Waals surface area contributed by atoms with E-state index in [1.807, 2.05) is 12.1 Å². The SMILES string of the molecule is Cc1ccc(Cl)cc1N(C(C)C(=O)N(C)Cc1ccc(Cl)cc1)S(C)(=O)=O. The minimum Gasteiger partial charge on any atom is -0.340 e. The molecular weight excluding hydrogens is 407 g/mol. The van der Waals surface area contributed by atoms with E-state index in [1.165, 1.54) is 4.90 Å². The van der Waals surface area contributed by atoms with Gasteiger partial charge in [0.25, 0.3) is 0 Å². The number of amides is 1. The van der Waals surface area contributed by atoms with E-state index >= 15 is 0 Å². The number of sulfonamides is 1. The average molecular weight is 429 g/mol. The first-order valence-corrected chi connectivity index (χ1v) is 10.9. The van der Waals surface area contributed by atoms with Crippen LogP contribution in [0.1, 0.15) is 18.1 Å². The largest absolute Gasteiger partial charge is 0.340 e. The van der Waals surface area contributed by atoms with Crippen LogP contribution in [0.3, 0.4) is 0 Å². The lowest BCUT2D eigenvalue weighted by atomic mass is 10.1. The van der Waals surface area contributed by atoms with Gasteiger partial charge in [-0.05, 0) is 49.2 Å². The molecule has 0 bridgehead atoms. The van der Waals surface area contributed by atoms with Crippen LogP contribution in [0, 0.1) is 6.92 Å². The highest BCUT2D eigenvalue weighted by Crippen LogP contribution is 2.28. The zero-order valence-electron chi connectivity index (χ0n) is 15.6. The molecule has 146 valence electrons. The van der Waals surface area contributed by atoms with Crippen LogP contribution < -0.4 is 4.31 Å². The van der Waals surface area contributed by atoms with Crippen LogP contribution in [-0.4, -0.2) is 38.6 Å². The Morgan fingerprint density at radius 2 is 1.63 bits per heavy atom. The van der Waals surface area contributed by atoms with Crippen LogP contribution in [0.4, 0.5) is 5.69 Å². The van der Waals surface area contributed by atoms with Gasteiger partial charge in [0.05, 0.1) is 11.9 Å². The van der Waals surface area contributed by atoms with Gasteiger partial charge in [-0.3, -0.25) is 9.10 Å². The molecule has 0 spiro atoms. The molecule has 1 atom stereocenters. The second-order valence-electron chi connectivity index (χ2n) is 6.49. The molecule has 27 heavy (non-hydrogen) atoms. The molecule has 0 heterocycles. The summed E-state index contributed by atoms with van der Waals surface area (Å²) >= 11 is 11.9. The van der Waals surface area contributed by atoms with Crippen LogP contribution in [0.25, 0.3) is 0 Å². The van der Waals surface area contributed by atoms with E-state index in [-0.39, 0.29) is 5.91 Å². The Hall–Kier alpha value is -1.76. The van der Waals surface area contributed by atoms with Crippen molar-refractivity contribution in [1.82, 2.24) is 4.90 Å². The number of hydrogen-bond acceptors (Lipinski definition) is 3. The Kier molecular flexibility index (Phi) is 6.78. The Morgan fingerprint density at radius 3 is 2.19 bits per heavy atom. The number of halogens is 2. The van der Waals surface area contributed by atoms with E-state index in [0.717, 1.165) is 16.1 Å². The van der Waals surface area contributed by atoms with Crippen molar-refractivity contribution in [1.29, 1.82) is 0 Å². The first-order chi connectivity index (χ1) is 12.5. The van der Waals surface area contributed by atoms with Crippen LogP contribution >= 0.6 is 23.2 Å². The number of aryl methyl sites for hydroxylation is 1. The number of benzene rings is 2. The molecule has 0 saturated carbocycles. The monoisotopic (exact) mass is 428 g/mol. The molecule has 8 heteroatoms. The van der Waals surface area contributed by atoms with Gasteiger partial charge < -0.3 is 4.90 Å². The lowest BCUT2D eigenvalue weighted by molar-refractivity contribution is -0.131. The van der Waals surface area contributed by atoms with Crippen molar-refractivity contribution in [3.8, 4) is 0 Å². The van der Waals surface area contributed by atoms with Crippen molar-refractivity contribution in [2.75, 3.05) is 17.6 Å². The van der Waals surface area contributed by atoms with E-state index in [1.54, 1.807) is 51.2 Å². The molecule has 2 rings (SSSR count). The van der Waals surface area contributed by atoms with Crippen molar-refractivity contribution >= 4 is 44.8 Å². The standard InChI is InChI=1S/C19H22Cl2N2O3S/c1-13-5-8-17(21)11-18(13)23(27(4,25)26)14(2)19(24)22(3)12-15-6-9-16(20)10-7-15/h5-11,14H,12H2,1-4H3. The summed E-state index contributed by atoms with van der Waals surface area (Å²) in [7, 11) is -2.07. The van der Waals surface area contributed by atoms with Gasteiger partial charge in [-0.25, -0.2) is 8.42 Å². The van der Waals surface area contributed by atoms with Gasteiger partial charge in [0.1, 0.15) is 6.04 Å². The maximum atomic E-state index is 12.9. The topological polar surface area (TPSA) is 57.7 Å². The maximum Gasteiger partial charge on any atom is 0.246 e. The summed E-state index contributed by atoms with van der Waals surface area (Å²) in [6, 6.07) is 11.2. The van der Waals surface area contributed by atoms with Gasteiger partial charge in [0.2, 0.25) is 15.9 Å². The first-order valence-electron chi connectivity index (χ1n) is 8.25. The van der Waals surface area contributed by atoms with Gasteiger partial charge in [0.15, 0.2) is 0 Å². The Labute approximate surface area is 170 Å². The quantitative estimate of drug-likeness (QED) is 0.695. The van der Waals surface area contributed by atoms with Crippen LogP contribution in [0.5, 0.6) is 0 Å². The lowest BCUT2D eigenvalue weighted by Gasteiger charge is -2.32. The molecule has 0 N–H and O–H groups in total. The summed E-state index contributed by atoms with van der Waals surface area (Å²) in [6.07, 6.45) is 1.08. The predicted octanol–water partition coefficient (Wildman–Crippen LogP) is 4.11. The lowest BCUT2D eigenvalue weighted by Crippen LogP contribution is -2.48. The van der Waals surface area contributed by atoms with Gasteiger partial charge in [-0.1, -0.05) is 41.4 Å². The molecule has 0 saturated heterocycles. The van der Waals surface area contributed by atoms with E-state index in [9.17, 15) is 13.2 Å². The van der Waals surface area contributed by atoms with Crippen molar-refractivity contribution in [2.45, 2.75) is 26.4 Å². The molecule has 1 amide bonds. The number of likely N-dealkylation sites (N-methyl/N-ethyl adjacent to an activating group) is 1. The van der Waals surface area contributed by atoms with Crippen LogP contribution in [0.2, 0.25) is 10.0 Å². The highest BCUT2D eigenvalue weighted by atomic mass is 35.5. The van der Waals surface area contributed by atoms with Crippen molar-refractivity contribution < 1.29 is 13.2 Å². The average Bonchev–Trinajstić information content (AvgIpc) is 2.58. The summed E-state index contributed by atoms with van der Waals surface area (Å²) < 4.78 is 26.0. The van der Waals surface area contributed by atoms with Crippen molar-refractivity contribution in [2.24, 2.45) is 0 Å². The number of hydrogen-bond donors (Lipinski definition) is 0. The fourth-order valence-electron chi connectivity index (χ4n) is 2.86. The highest BCUT2D eigenvalue weighted by Gasteiger charge is 2.32. The number of anilines is 1. The second kappa shape index (κ2) is 8.50. The third kappa shape index (κ3) is 5.37. The zero-order valence-corrected chi connectivity index (χ0v) is 17.9. The van der Waals surface area contributed by atoms with Gasteiger partial charge >= 0.3 is 0 Å². The number of carbonyl (C=O) groups excluding carboxylic acids is 1. The third-order valence-electron chi connectivity index (χ3n) is 4.18. The molecule has 0 aliphatic rings. The molecule has 0 aliphatic heterocycles. The van der Waals surface area contributed by atoms with Gasteiger partial charge in [-0.15, -0.1) is 0 Å². The molecule has 2 aromatic rings. The molecular formula is C19H22Cl2N2O3S. The van der Waals surface area contributed by atoms with E-state index in [0.29, 0.717) is 27.8 Å². The van der Waals surface area contributed by atoms with Gasteiger partial charge in [-0.2, -0.15) is 0 Å². The van der Waals surface area contributed by atoms with Crippen molar-refractivity contribution in [3.05, 3.63) is 63.6 Å². The molecule has 0 aliphatic carbocycles. The van der Waals surface area contributed by atoms with Gasteiger partial charge in [0, 0.05) is 23.6 Å². The second-order valence-corrected chi connectivity index (χ2v) is 9.22. The zero-order chi connectivity index (χ0) is 20.4. The minimum atomic E-state index is -3.70. The summed E-state index contributed by atoms with van der Waals surface area (Å²) in [5, 5.41) is 1.01. The molecule has 2 aromatic carbocycles.